The van der Waals surface area contributed by atoms with E-state index in [2.05, 4.69) is 19.2 Å². The number of nitrogens with one attached hydrogen (secondary N) is 1. The molecule has 1 unspecified atom stereocenters. The minimum atomic E-state index is -0.639. The quantitative estimate of drug-likeness (QED) is 0.786. The van der Waals surface area contributed by atoms with E-state index < -0.39 is 11.6 Å². The molecule has 0 radical (unpaired) electrons. The van der Waals surface area contributed by atoms with Crippen LogP contribution in [0.5, 0.6) is 0 Å². The number of rotatable bonds is 5. The number of carbonyl (C=O) groups is 2. The molecule has 1 aliphatic carbocycles. The fraction of sp³-hybridized carbons (Fsp3) is 0.875. The topological polar surface area (TPSA) is 58.6 Å². The van der Waals surface area contributed by atoms with Crippen molar-refractivity contribution in [2.24, 2.45) is 5.92 Å². The monoisotopic (exact) mass is 296 g/mol. The first-order valence-electron chi connectivity index (χ1n) is 8.17. The normalized spacial score (nSPS) is 25.5. The summed E-state index contributed by atoms with van der Waals surface area (Å²) in [6, 6.07) is -0.396. The molecule has 2 rings (SSSR count). The summed E-state index contributed by atoms with van der Waals surface area (Å²) in [5.41, 5.74) is -0.639. The summed E-state index contributed by atoms with van der Waals surface area (Å²) in [5, 5.41) is 3.00. The lowest BCUT2D eigenvalue weighted by molar-refractivity contribution is -0.156. The molecule has 120 valence electrons. The van der Waals surface area contributed by atoms with Gasteiger partial charge >= 0.3 is 0 Å². The molecule has 2 amide bonds. The van der Waals surface area contributed by atoms with Crippen molar-refractivity contribution in [1.82, 2.24) is 10.2 Å². The third-order valence-corrected chi connectivity index (χ3v) is 4.51. The highest BCUT2D eigenvalue weighted by atomic mass is 16.5. The Labute approximate surface area is 127 Å². The molecule has 21 heavy (non-hydrogen) atoms. The van der Waals surface area contributed by atoms with Crippen LogP contribution in [0.1, 0.15) is 52.9 Å². The van der Waals surface area contributed by atoms with Gasteiger partial charge in [-0.25, -0.2) is 0 Å². The second kappa shape index (κ2) is 6.77. The minimum Gasteiger partial charge on any atom is -0.379 e. The second-order valence-corrected chi connectivity index (χ2v) is 6.78. The van der Waals surface area contributed by atoms with E-state index in [1.54, 1.807) is 11.8 Å². The zero-order valence-corrected chi connectivity index (χ0v) is 13.5. The van der Waals surface area contributed by atoms with Gasteiger partial charge in [-0.3, -0.25) is 9.59 Å². The lowest BCUT2D eigenvalue weighted by Gasteiger charge is -2.46. The molecule has 0 aromatic heterocycles. The zero-order valence-electron chi connectivity index (χ0n) is 13.5. The Balaban J connectivity index is 2.00. The SMILES string of the molecule is CC(C)COCCN1C(=O)C2(CCCCC2)NC(=O)C1C. The Kier molecular flexibility index (Phi) is 5.25. The molecule has 1 aliphatic heterocycles. The lowest BCUT2D eigenvalue weighted by atomic mass is 9.78. The van der Waals surface area contributed by atoms with Crippen LogP contribution in [0.15, 0.2) is 0 Å². The highest BCUT2D eigenvalue weighted by Crippen LogP contribution is 2.33. The largest absolute Gasteiger partial charge is 0.379 e. The van der Waals surface area contributed by atoms with E-state index in [9.17, 15) is 9.59 Å². The summed E-state index contributed by atoms with van der Waals surface area (Å²) >= 11 is 0. The maximum atomic E-state index is 12.8. The molecule has 1 atom stereocenters. The van der Waals surface area contributed by atoms with Crippen molar-refractivity contribution in [2.75, 3.05) is 19.8 Å². The first-order chi connectivity index (χ1) is 9.96. The Morgan fingerprint density at radius 3 is 2.57 bits per heavy atom. The van der Waals surface area contributed by atoms with Crippen LogP contribution in [0.2, 0.25) is 0 Å². The predicted octanol–water partition coefficient (Wildman–Crippen LogP) is 1.71. The van der Waals surface area contributed by atoms with Crippen LogP contribution >= 0.6 is 0 Å². The van der Waals surface area contributed by atoms with Crippen molar-refractivity contribution in [2.45, 2.75) is 64.5 Å². The number of amides is 2. The smallest absolute Gasteiger partial charge is 0.249 e. The maximum Gasteiger partial charge on any atom is 0.249 e. The van der Waals surface area contributed by atoms with Crippen LogP contribution in [0.4, 0.5) is 0 Å². The summed E-state index contributed by atoms with van der Waals surface area (Å²) in [7, 11) is 0. The molecular weight excluding hydrogens is 268 g/mol. The van der Waals surface area contributed by atoms with Crippen molar-refractivity contribution >= 4 is 11.8 Å². The Bertz CT molecular complexity index is 389. The van der Waals surface area contributed by atoms with Crippen LogP contribution in [0, 0.1) is 5.92 Å². The van der Waals surface area contributed by atoms with Crippen molar-refractivity contribution < 1.29 is 14.3 Å². The fourth-order valence-corrected chi connectivity index (χ4v) is 3.26. The molecule has 0 bridgehead atoms. The van der Waals surface area contributed by atoms with Gasteiger partial charge in [0.1, 0.15) is 11.6 Å². The van der Waals surface area contributed by atoms with Crippen LogP contribution in [-0.4, -0.2) is 48.1 Å². The second-order valence-electron chi connectivity index (χ2n) is 6.78. The third-order valence-electron chi connectivity index (χ3n) is 4.51. The van der Waals surface area contributed by atoms with Crippen LogP contribution in [-0.2, 0) is 14.3 Å². The van der Waals surface area contributed by atoms with Gasteiger partial charge in [-0.2, -0.15) is 0 Å². The zero-order chi connectivity index (χ0) is 15.5. The summed E-state index contributed by atoms with van der Waals surface area (Å²) < 4.78 is 5.58. The summed E-state index contributed by atoms with van der Waals surface area (Å²) in [4.78, 5) is 26.8. The van der Waals surface area contributed by atoms with Crippen LogP contribution in [0.25, 0.3) is 0 Å². The highest BCUT2D eigenvalue weighted by molar-refractivity contribution is 5.99. The number of piperazine rings is 1. The standard InChI is InChI=1S/C16H28N2O3/c1-12(2)11-21-10-9-18-13(3)14(19)17-16(15(18)20)7-5-4-6-8-16/h12-13H,4-11H2,1-3H3,(H,17,19). The summed E-state index contributed by atoms with van der Waals surface area (Å²) in [6.07, 6.45) is 4.72. The molecule has 1 spiro atoms. The van der Waals surface area contributed by atoms with E-state index in [1.807, 2.05) is 0 Å². The molecule has 0 aromatic carbocycles. The van der Waals surface area contributed by atoms with E-state index in [4.69, 9.17) is 4.74 Å². The van der Waals surface area contributed by atoms with Gasteiger partial charge in [0.25, 0.3) is 0 Å². The Morgan fingerprint density at radius 1 is 1.29 bits per heavy atom. The van der Waals surface area contributed by atoms with Gasteiger partial charge in [0.15, 0.2) is 0 Å². The number of hydrogen-bond donors (Lipinski definition) is 1. The Hall–Kier alpha value is -1.10. The van der Waals surface area contributed by atoms with Gasteiger partial charge < -0.3 is 15.0 Å². The van der Waals surface area contributed by atoms with Gasteiger partial charge in [-0.1, -0.05) is 33.1 Å². The molecule has 1 heterocycles. The van der Waals surface area contributed by atoms with E-state index in [1.165, 1.54) is 0 Å². The van der Waals surface area contributed by atoms with Crippen molar-refractivity contribution in [3.63, 3.8) is 0 Å². The lowest BCUT2D eigenvalue weighted by Crippen LogP contribution is -2.70. The molecule has 1 N–H and O–H groups in total. The van der Waals surface area contributed by atoms with Crippen molar-refractivity contribution in [1.29, 1.82) is 0 Å². The van der Waals surface area contributed by atoms with Gasteiger partial charge in [0, 0.05) is 13.2 Å². The summed E-state index contributed by atoms with van der Waals surface area (Å²) in [5.74, 6) is 0.537. The first kappa shape index (κ1) is 16.3. The molecular formula is C16H28N2O3. The van der Waals surface area contributed by atoms with Crippen molar-refractivity contribution in [3.05, 3.63) is 0 Å². The van der Waals surface area contributed by atoms with Gasteiger partial charge in [-0.15, -0.1) is 0 Å². The van der Waals surface area contributed by atoms with Gasteiger partial charge in [0.05, 0.1) is 6.61 Å². The summed E-state index contributed by atoms with van der Waals surface area (Å²) in [6.45, 7) is 7.68. The number of ether oxygens (including phenoxy) is 1. The van der Waals surface area contributed by atoms with Crippen molar-refractivity contribution in [3.8, 4) is 0 Å². The van der Waals surface area contributed by atoms with Crippen LogP contribution < -0.4 is 5.32 Å². The molecule has 5 nitrogen and oxygen atoms in total. The molecule has 1 saturated carbocycles. The first-order valence-corrected chi connectivity index (χ1v) is 8.17. The van der Waals surface area contributed by atoms with E-state index in [0.29, 0.717) is 25.7 Å². The van der Waals surface area contributed by atoms with E-state index in [0.717, 1.165) is 32.1 Å². The molecule has 2 aliphatic rings. The number of nitrogens with zero attached hydrogens (tertiary/aromatic N) is 1. The third kappa shape index (κ3) is 3.57. The molecule has 1 saturated heterocycles. The predicted molar refractivity (Wildman–Crippen MR) is 80.8 cm³/mol. The molecule has 5 heteroatoms. The van der Waals surface area contributed by atoms with Crippen LogP contribution in [0.3, 0.4) is 0 Å². The van der Waals surface area contributed by atoms with Gasteiger partial charge in [0.2, 0.25) is 11.8 Å². The highest BCUT2D eigenvalue weighted by Gasteiger charge is 2.49. The maximum absolute atomic E-state index is 12.8. The number of hydrogen-bond acceptors (Lipinski definition) is 3. The minimum absolute atomic E-state index is 0.0274. The molecule has 2 fully saturated rings. The average Bonchev–Trinajstić information content (AvgIpc) is 2.45. The van der Waals surface area contributed by atoms with Gasteiger partial charge in [-0.05, 0) is 25.7 Å². The van der Waals surface area contributed by atoms with E-state index >= 15 is 0 Å². The average molecular weight is 296 g/mol. The molecule has 0 aromatic rings. The fourth-order valence-electron chi connectivity index (χ4n) is 3.26. The van der Waals surface area contributed by atoms with E-state index in [-0.39, 0.29) is 11.8 Å². The number of carbonyl (C=O) groups excluding carboxylic acids is 2. The Morgan fingerprint density at radius 2 is 1.95 bits per heavy atom.